The summed E-state index contributed by atoms with van der Waals surface area (Å²) < 4.78 is 0. The lowest BCUT2D eigenvalue weighted by molar-refractivity contribution is -0.133. The molecule has 5 nitrogen and oxygen atoms in total. The van der Waals surface area contributed by atoms with Crippen LogP contribution in [0, 0.1) is 11.8 Å². The van der Waals surface area contributed by atoms with E-state index in [-0.39, 0.29) is 0 Å². The molecule has 0 spiro atoms. The topological polar surface area (TPSA) is 38.8 Å². The number of likely N-dealkylation sites (N-methyl/N-ethyl adjacent to an activating group) is 1. The number of hydrogen-bond donors (Lipinski definition) is 1. The average Bonchev–Trinajstić information content (AvgIpc) is 2.90. The molecule has 3 saturated heterocycles. The van der Waals surface area contributed by atoms with Crippen LogP contribution in [0.25, 0.3) is 0 Å². The standard InChI is InChI=1S/C13H24N4O/c1-15-2-4-17(5-3-15)13(18)10-16-8-11-6-14-7-12(11)9-16/h11-12,14H,2-10H2,1H3. The Hall–Kier alpha value is -0.650. The van der Waals surface area contributed by atoms with Crippen molar-refractivity contribution in [3.63, 3.8) is 0 Å². The number of rotatable bonds is 2. The summed E-state index contributed by atoms with van der Waals surface area (Å²) in [6.07, 6.45) is 0. The average molecular weight is 252 g/mol. The van der Waals surface area contributed by atoms with Gasteiger partial charge in [-0.05, 0) is 32.0 Å². The van der Waals surface area contributed by atoms with E-state index in [4.69, 9.17) is 0 Å². The first-order chi connectivity index (χ1) is 8.72. The van der Waals surface area contributed by atoms with Crippen LogP contribution in [-0.2, 0) is 4.79 Å². The minimum Gasteiger partial charge on any atom is -0.339 e. The molecule has 3 rings (SSSR count). The summed E-state index contributed by atoms with van der Waals surface area (Å²) in [5.41, 5.74) is 0. The second kappa shape index (κ2) is 5.15. The molecule has 5 heteroatoms. The van der Waals surface area contributed by atoms with Crippen molar-refractivity contribution in [1.29, 1.82) is 0 Å². The number of amides is 1. The third kappa shape index (κ3) is 2.53. The fourth-order valence-corrected chi connectivity index (χ4v) is 3.43. The van der Waals surface area contributed by atoms with Gasteiger partial charge in [-0.25, -0.2) is 0 Å². The van der Waals surface area contributed by atoms with Crippen LogP contribution in [0.1, 0.15) is 0 Å². The zero-order valence-corrected chi connectivity index (χ0v) is 11.3. The number of piperazine rings is 1. The van der Waals surface area contributed by atoms with E-state index < -0.39 is 0 Å². The molecule has 102 valence electrons. The van der Waals surface area contributed by atoms with Crippen LogP contribution >= 0.6 is 0 Å². The Morgan fingerprint density at radius 1 is 1.11 bits per heavy atom. The maximum Gasteiger partial charge on any atom is 0.236 e. The number of fused-ring (bicyclic) bond motifs is 1. The third-order valence-electron chi connectivity index (χ3n) is 4.68. The highest BCUT2D eigenvalue weighted by atomic mass is 16.2. The Morgan fingerprint density at radius 2 is 1.72 bits per heavy atom. The molecule has 2 atom stereocenters. The molecule has 1 amide bonds. The van der Waals surface area contributed by atoms with Crippen molar-refractivity contribution in [3.05, 3.63) is 0 Å². The van der Waals surface area contributed by atoms with E-state index >= 15 is 0 Å². The van der Waals surface area contributed by atoms with Crippen LogP contribution in [-0.4, -0.2) is 86.6 Å². The minimum atomic E-state index is 0.330. The minimum absolute atomic E-state index is 0.330. The number of carbonyl (C=O) groups is 1. The zero-order valence-electron chi connectivity index (χ0n) is 11.3. The smallest absolute Gasteiger partial charge is 0.236 e. The van der Waals surface area contributed by atoms with E-state index in [0.29, 0.717) is 12.5 Å². The maximum absolute atomic E-state index is 12.2. The highest BCUT2D eigenvalue weighted by molar-refractivity contribution is 5.78. The Balaban J connectivity index is 1.47. The lowest BCUT2D eigenvalue weighted by Gasteiger charge is -2.33. The molecular formula is C13H24N4O. The van der Waals surface area contributed by atoms with Crippen molar-refractivity contribution in [2.45, 2.75) is 0 Å². The molecule has 2 unspecified atom stereocenters. The van der Waals surface area contributed by atoms with Crippen LogP contribution in [0.15, 0.2) is 0 Å². The summed E-state index contributed by atoms with van der Waals surface area (Å²) >= 11 is 0. The van der Waals surface area contributed by atoms with Gasteiger partial charge in [0.2, 0.25) is 5.91 Å². The molecule has 18 heavy (non-hydrogen) atoms. The van der Waals surface area contributed by atoms with Gasteiger partial charge in [0.25, 0.3) is 0 Å². The number of hydrogen-bond acceptors (Lipinski definition) is 4. The van der Waals surface area contributed by atoms with E-state index in [1.165, 1.54) is 0 Å². The first-order valence-electron chi connectivity index (χ1n) is 7.12. The van der Waals surface area contributed by atoms with Gasteiger partial charge in [-0.2, -0.15) is 0 Å². The summed E-state index contributed by atoms with van der Waals surface area (Å²) in [6, 6.07) is 0. The van der Waals surface area contributed by atoms with Crippen molar-refractivity contribution < 1.29 is 4.79 Å². The molecule has 0 aromatic carbocycles. The summed E-state index contributed by atoms with van der Waals surface area (Å²) in [7, 11) is 2.12. The predicted octanol–water partition coefficient (Wildman–Crippen LogP) is -1.09. The third-order valence-corrected chi connectivity index (χ3v) is 4.68. The van der Waals surface area contributed by atoms with Gasteiger partial charge in [0, 0.05) is 39.3 Å². The first kappa shape index (κ1) is 12.4. The van der Waals surface area contributed by atoms with Crippen LogP contribution in [0.5, 0.6) is 0 Å². The highest BCUT2D eigenvalue weighted by Crippen LogP contribution is 2.25. The van der Waals surface area contributed by atoms with E-state index in [9.17, 15) is 4.79 Å². The molecule has 0 aromatic heterocycles. The Labute approximate surface area is 109 Å². The van der Waals surface area contributed by atoms with Crippen molar-refractivity contribution >= 4 is 5.91 Å². The van der Waals surface area contributed by atoms with E-state index in [1.807, 2.05) is 4.90 Å². The van der Waals surface area contributed by atoms with Crippen LogP contribution in [0.4, 0.5) is 0 Å². The molecule has 0 aliphatic carbocycles. The van der Waals surface area contributed by atoms with Crippen LogP contribution in [0.2, 0.25) is 0 Å². The lowest BCUT2D eigenvalue weighted by atomic mass is 10.0. The molecule has 0 radical (unpaired) electrons. The second-order valence-corrected chi connectivity index (χ2v) is 6.06. The fourth-order valence-electron chi connectivity index (χ4n) is 3.43. The van der Waals surface area contributed by atoms with Gasteiger partial charge in [-0.15, -0.1) is 0 Å². The molecule has 0 aromatic rings. The summed E-state index contributed by atoms with van der Waals surface area (Å²) in [6.45, 7) is 8.97. The number of nitrogens with one attached hydrogen (secondary N) is 1. The molecule has 1 N–H and O–H groups in total. The summed E-state index contributed by atoms with van der Waals surface area (Å²) in [5.74, 6) is 1.90. The van der Waals surface area contributed by atoms with Gasteiger partial charge in [0.05, 0.1) is 6.54 Å². The number of nitrogens with zero attached hydrogens (tertiary/aromatic N) is 3. The molecule has 3 aliphatic heterocycles. The van der Waals surface area contributed by atoms with Crippen LogP contribution < -0.4 is 5.32 Å². The van der Waals surface area contributed by atoms with Crippen LogP contribution in [0.3, 0.4) is 0 Å². The normalized spacial score (nSPS) is 33.9. The highest BCUT2D eigenvalue weighted by Gasteiger charge is 2.37. The zero-order chi connectivity index (χ0) is 12.5. The first-order valence-corrected chi connectivity index (χ1v) is 7.12. The van der Waals surface area contributed by atoms with Gasteiger partial charge < -0.3 is 15.1 Å². The maximum atomic E-state index is 12.2. The molecular weight excluding hydrogens is 228 g/mol. The largest absolute Gasteiger partial charge is 0.339 e. The Morgan fingerprint density at radius 3 is 2.33 bits per heavy atom. The molecule has 3 heterocycles. The SMILES string of the molecule is CN1CCN(C(=O)CN2CC3CNCC3C2)CC1. The monoisotopic (exact) mass is 252 g/mol. The summed E-state index contributed by atoms with van der Waals surface area (Å²) in [5, 5.41) is 3.44. The van der Waals surface area contributed by atoms with Gasteiger partial charge in [0.15, 0.2) is 0 Å². The molecule has 3 fully saturated rings. The Bertz CT molecular complexity index is 302. The van der Waals surface area contributed by atoms with E-state index in [2.05, 4.69) is 22.2 Å². The van der Waals surface area contributed by atoms with E-state index in [1.54, 1.807) is 0 Å². The van der Waals surface area contributed by atoms with Crippen molar-refractivity contribution in [2.24, 2.45) is 11.8 Å². The lowest BCUT2D eigenvalue weighted by Crippen LogP contribution is -2.50. The van der Waals surface area contributed by atoms with Crippen molar-refractivity contribution in [3.8, 4) is 0 Å². The number of carbonyl (C=O) groups excluding carboxylic acids is 1. The summed E-state index contributed by atoms with van der Waals surface area (Å²) in [4.78, 5) is 18.9. The van der Waals surface area contributed by atoms with Gasteiger partial charge in [-0.1, -0.05) is 0 Å². The van der Waals surface area contributed by atoms with Gasteiger partial charge >= 0.3 is 0 Å². The Kier molecular flexibility index (Phi) is 3.54. The van der Waals surface area contributed by atoms with Gasteiger partial charge in [0.1, 0.15) is 0 Å². The van der Waals surface area contributed by atoms with Crippen molar-refractivity contribution in [1.82, 2.24) is 20.0 Å². The predicted molar refractivity (Wildman–Crippen MR) is 70.4 cm³/mol. The quantitative estimate of drug-likeness (QED) is 0.678. The van der Waals surface area contributed by atoms with Crippen molar-refractivity contribution in [2.75, 3.05) is 66.0 Å². The molecule has 0 bridgehead atoms. The molecule has 0 saturated carbocycles. The molecule has 3 aliphatic rings. The second-order valence-electron chi connectivity index (χ2n) is 6.06. The van der Waals surface area contributed by atoms with E-state index in [0.717, 1.165) is 64.2 Å². The van der Waals surface area contributed by atoms with Gasteiger partial charge in [-0.3, -0.25) is 9.69 Å². The fraction of sp³-hybridized carbons (Fsp3) is 0.923. The number of likely N-dealkylation sites (tertiary alicyclic amines) is 1.